The van der Waals surface area contributed by atoms with Crippen molar-refractivity contribution in [3.05, 3.63) is 0 Å². The summed E-state index contributed by atoms with van der Waals surface area (Å²) in [6.07, 6.45) is -0.497. The van der Waals surface area contributed by atoms with Gasteiger partial charge in [-0.3, -0.25) is 19.7 Å². The van der Waals surface area contributed by atoms with Crippen LogP contribution in [0.2, 0.25) is 0 Å². The Hall–Kier alpha value is -2.12. The molecule has 2 atom stereocenters. The lowest BCUT2D eigenvalue weighted by atomic mass is 10.1. The first kappa shape index (κ1) is 18.9. The molecule has 8 heteroatoms. The molecule has 0 aliphatic carbocycles. The van der Waals surface area contributed by atoms with Crippen LogP contribution in [0, 0.1) is 0 Å². The molecule has 0 saturated carbocycles. The first-order valence-corrected chi connectivity index (χ1v) is 7.59. The molecule has 2 N–H and O–H groups in total. The van der Waals surface area contributed by atoms with Crippen LogP contribution in [0.25, 0.3) is 0 Å². The fourth-order valence-electron chi connectivity index (χ4n) is 1.98. The number of ether oxygens (including phenoxy) is 2. The molecule has 1 aliphatic rings. The first-order valence-electron chi connectivity index (χ1n) is 7.59. The van der Waals surface area contributed by atoms with E-state index in [-0.39, 0.29) is 18.9 Å². The Bertz CT molecular complexity index is 483. The predicted octanol–water partition coefficient (Wildman–Crippen LogP) is 1.03. The van der Waals surface area contributed by atoms with E-state index in [9.17, 15) is 19.2 Å². The smallest absolute Gasteiger partial charge is 0.407 e. The Morgan fingerprint density at radius 2 is 2.00 bits per heavy atom. The lowest BCUT2D eigenvalue weighted by Crippen LogP contribution is -2.37. The van der Waals surface area contributed by atoms with Gasteiger partial charge >= 0.3 is 12.1 Å². The first-order chi connectivity index (χ1) is 10.6. The number of hydrogen-bond acceptors (Lipinski definition) is 6. The van der Waals surface area contributed by atoms with Crippen molar-refractivity contribution in [2.24, 2.45) is 0 Å². The van der Waals surface area contributed by atoms with Gasteiger partial charge in [0, 0.05) is 12.5 Å². The second-order valence-electron chi connectivity index (χ2n) is 6.53. The van der Waals surface area contributed by atoms with E-state index in [4.69, 9.17) is 9.47 Å². The van der Waals surface area contributed by atoms with Crippen molar-refractivity contribution in [2.45, 2.75) is 71.1 Å². The third-order valence-electron chi connectivity index (χ3n) is 2.98. The number of carbonyl (C=O) groups excluding carboxylic acids is 4. The van der Waals surface area contributed by atoms with Gasteiger partial charge in [0.05, 0.1) is 6.42 Å². The molecule has 1 saturated heterocycles. The average Bonchev–Trinajstić information content (AvgIpc) is 2.64. The SMILES string of the molecule is CC(CCCC(=O)OC1CC(=O)NC1=O)NC(=O)OC(C)(C)C. The van der Waals surface area contributed by atoms with Crippen molar-refractivity contribution in [1.82, 2.24) is 10.6 Å². The maximum Gasteiger partial charge on any atom is 0.407 e. The monoisotopic (exact) mass is 328 g/mol. The molecule has 8 nitrogen and oxygen atoms in total. The van der Waals surface area contributed by atoms with Crippen LogP contribution in [-0.4, -0.2) is 41.6 Å². The quantitative estimate of drug-likeness (QED) is 0.556. The van der Waals surface area contributed by atoms with Gasteiger partial charge in [0.2, 0.25) is 5.91 Å². The number of hydrogen-bond donors (Lipinski definition) is 2. The van der Waals surface area contributed by atoms with Gasteiger partial charge in [0.1, 0.15) is 5.60 Å². The van der Waals surface area contributed by atoms with E-state index in [1.54, 1.807) is 27.7 Å². The van der Waals surface area contributed by atoms with Gasteiger partial charge in [-0.05, 0) is 40.5 Å². The Labute approximate surface area is 135 Å². The largest absolute Gasteiger partial charge is 0.452 e. The molecule has 1 aliphatic heterocycles. The topological polar surface area (TPSA) is 111 Å². The van der Waals surface area contributed by atoms with E-state index < -0.39 is 35.6 Å². The van der Waals surface area contributed by atoms with Crippen LogP contribution in [0.5, 0.6) is 0 Å². The molecule has 0 bridgehead atoms. The lowest BCUT2D eigenvalue weighted by Gasteiger charge is -2.21. The third kappa shape index (κ3) is 7.62. The van der Waals surface area contributed by atoms with Crippen molar-refractivity contribution < 1.29 is 28.7 Å². The summed E-state index contributed by atoms with van der Waals surface area (Å²) in [5.41, 5.74) is -0.563. The van der Waals surface area contributed by atoms with Gasteiger partial charge in [0.25, 0.3) is 5.91 Å². The highest BCUT2D eigenvalue weighted by molar-refractivity contribution is 6.05. The molecular weight excluding hydrogens is 304 g/mol. The van der Waals surface area contributed by atoms with Gasteiger partial charge in [-0.1, -0.05) is 0 Å². The average molecular weight is 328 g/mol. The van der Waals surface area contributed by atoms with Gasteiger partial charge in [0.15, 0.2) is 6.10 Å². The summed E-state index contributed by atoms with van der Waals surface area (Å²) in [6.45, 7) is 7.13. The summed E-state index contributed by atoms with van der Waals surface area (Å²) in [5, 5.41) is 4.74. The van der Waals surface area contributed by atoms with Gasteiger partial charge in [-0.15, -0.1) is 0 Å². The number of carbonyl (C=O) groups is 4. The van der Waals surface area contributed by atoms with Crippen LogP contribution in [0.1, 0.15) is 53.4 Å². The van der Waals surface area contributed by atoms with Crippen LogP contribution in [0.4, 0.5) is 4.79 Å². The molecule has 1 rings (SSSR count). The zero-order chi connectivity index (χ0) is 17.6. The summed E-state index contributed by atoms with van der Waals surface area (Å²) in [7, 11) is 0. The van der Waals surface area contributed by atoms with Gasteiger partial charge in [-0.25, -0.2) is 4.79 Å². The molecular formula is C15H24N2O6. The van der Waals surface area contributed by atoms with Crippen LogP contribution < -0.4 is 10.6 Å². The molecule has 3 amide bonds. The number of rotatable bonds is 6. The van der Waals surface area contributed by atoms with E-state index in [0.717, 1.165) is 0 Å². The summed E-state index contributed by atoms with van der Waals surface area (Å²) in [6, 6.07) is -0.158. The lowest BCUT2D eigenvalue weighted by molar-refractivity contribution is -0.154. The predicted molar refractivity (Wildman–Crippen MR) is 80.3 cm³/mol. The Balaban J connectivity index is 2.20. The van der Waals surface area contributed by atoms with Crippen LogP contribution in [0.15, 0.2) is 0 Å². The minimum Gasteiger partial charge on any atom is -0.452 e. The summed E-state index contributed by atoms with van der Waals surface area (Å²) < 4.78 is 10.1. The molecule has 0 aromatic rings. The highest BCUT2D eigenvalue weighted by Crippen LogP contribution is 2.11. The normalized spacial score (nSPS) is 19.0. The number of amides is 3. The summed E-state index contributed by atoms with van der Waals surface area (Å²) >= 11 is 0. The number of alkyl carbamates (subject to hydrolysis) is 1. The van der Waals surface area contributed by atoms with Crippen molar-refractivity contribution in [1.29, 1.82) is 0 Å². The van der Waals surface area contributed by atoms with Gasteiger partial charge < -0.3 is 14.8 Å². The van der Waals surface area contributed by atoms with Crippen LogP contribution in [0.3, 0.4) is 0 Å². The number of nitrogens with one attached hydrogen (secondary N) is 2. The molecule has 1 heterocycles. The van der Waals surface area contributed by atoms with E-state index in [2.05, 4.69) is 10.6 Å². The Kier molecular flexibility index (Phi) is 6.53. The van der Waals surface area contributed by atoms with Crippen molar-refractivity contribution >= 4 is 23.9 Å². The van der Waals surface area contributed by atoms with Crippen LogP contribution >= 0.6 is 0 Å². The molecule has 0 aromatic heterocycles. The highest BCUT2D eigenvalue weighted by atomic mass is 16.6. The maximum atomic E-state index is 11.6. The third-order valence-corrected chi connectivity index (χ3v) is 2.98. The Morgan fingerprint density at radius 1 is 1.35 bits per heavy atom. The number of imide groups is 1. The minimum atomic E-state index is -1.02. The standard InChI is InChI=1S/C15H24N2O6/c1-9(16-14(21)23-15(2,3)4)6-5-7-12(19)22-10-8-11(18)17-13(10)20/h9-10H,5-8H2,1-4H3,(H,16,21)(H,17,18,20). The van der Waals surface area contributed by atoms with E-state index in [0.29, 0.717) is 12.8 Å². The Morgan fingerprint density at radius 3 is 2.52 bits per heavy atom. The van der Waals surface area contributed by atoms with Crippen molar-refractivity contribution in [3.8, 4) is 0 Å². The van der Waals surface area contributed by atoms with Crippen molar-refractivity contribution in [2.75, 3.05) is 0 Å². The maximum absolute atomic E-state index is 11.6. The number of esters is 1. The summed E-state index contributed by atoms with van der Waals surface area (Å²) in [4.78, 5) is 45.4. The molecule has 23 heavy (non-hydrogen) atoms. The van der Waals surface area contributed by atoms with Crippen molar-refractivity contribution in [3.63, 3.8) is 0 Å². The fourth-order valence-corrected chi connectivity index (χ4v) is 1.98. The molecule has 2 unspecified atom stereocenters. The zero-order valence-corrected chi connectivity index (χ0v) is 13.9. The fraction of sp³-hybridized carbons (Fsp3) is 0.733. The highest BCUT2D eigenvalue weighted by Gasteiger charge is 2.33. The molecule has 0 radical (unpaired) electrons. The second-order valence-corrected chi connectivity index (χ2v) is 6.53. The minimum absolute atomic E-state index is 0.109. The molecule has 130 valence electrons. The molecule has 0 aromatic carbocycles. The molecule has 1 fully saturated rings. The second kappa shape index (κ2) is 7.94. The van der Waals surface area contributed by atoms with E-state index in [1.165, 1.54) is 0 Å². The zero-order valence-electron chi connectivity index (χ0n) is 13.9. The van der Waals surface area contributed by atoms with E-state index in [1.807, 2.05) is 0 Å². The summed E-state index contributed by atoms with van der Waals surface area (Å²) in [5.74, 6) is -1.56. The molecule has 0 spiro atoms. The van der Waals surface area contributed by atoms with Gasteiger partial charge in [-0.2, -0.15) is 0 Å². The van der Waals surface area contributed by atoms with E-state index >= 15 is 0 Å². The van der Waals surface area contributed by atoms with Crippen LogP contribution in [-0.2, 0) is 23.9 Å².